The third-order valence-corrected chi connectivity index (χ3v) is 4.52. The Bertz CT molecular complexity index is 554. The molecular weight excluding hydrogens is 348 g/mol. The minimum Gasteiger partial charge on any atom is -0.354 e. The topological polar surface area (TPSA) is 121 Å². The Balaban J connectivity index is 1.95. The summed E-state index contributed by atoms with van der Waals surface area (Å²) in [5, 5.41) is 6.02. The van der Waals surface area contributed by atoms with Gasteiger partial charge in [-0.25, -0.2) is 0 Å². The second-order valence-electron chi connectivity index (χ2n) is 6.51. The van der Waals surface area contributed by atoms with E-state index in [1.165, 1.54) is 0 Å². The van der Waals surface area contributed by atoms with Gasteiger partial charge in [0.2, 0.25) is 5.91 Å². The highest BCUT2D eigenvalue weighted by Crippen LogP contribution is 2.18. The van der Waals surface area contributed by atoms with E-state index in [4.69, 9.17) is 25.7 Å². The smallest absolute Gasteiger partial charge is 0.241 e. The number of nitrogens with two attached hydrogens (primary N) is 2. The Hall–Kier alpha value is -1.55. The molecule has 1 aromatic rings. The molecule has 2 atom stereocenters. The van der Waals surface area contributed by atoms with Crippen LogP contribution in [-0.4, -0.2) is 56.8 Å². The number of amides is 1. The van der Waals surface area contributed by atoms with Gasteiger partial charge in [-0.05, 0) is 12.0 Å². The van der Waals surface area contributed by atoms with Crippen LogP contribution in [0.2, 0.25) is 0 Å². The molecule has 2 rings (SSSR count). The summed E-state index contributed by atoms with van der Waals surface area (Å²) in [4.78, 5) is 12.8. The Morgan fingerprint density at radius 2 is 2.00 bits per heavy atom. The molecule has 1 aromatic carbocycles. The first kappa shape index (κ1) is 21.7. The van der Waals surface area contributed by atoms with Gasteiger partial charge in [-0.15, -0.1) is 0 Å². The molecule has 2 unspecified atom stereocenters. The van der Waals surface area contributed by atoms with E-state index in [0.717, 1.165) is 5.56 Å². The van der Waals surface area contributed by atoms with Crippen LogP contribution in [0.3, 0.4) is 0 Å². The fourth-order valence-electron chi connectivity index (χ4n) is 2.89. The number of rotatable bonds is 12. The summed E-state index contributed by atoms with van der Waals surface area (Å²) >= 11 is 0. The molecule has 6 N–H and O–H groups in total. The summed E-state index contributed by atoms with van der Waals surface area (Å²) in [6.07, 6.45) is 0.790. The summed E-state index contributed by atoms with van der Waals surface area (Å²) < 4.78 is 16.8. The van der Waals surface area contributed by atoms with Gasteiger partial charge in [-0.1, -0.05) is 37.3 Å². The molecule has 0 bridgehead atoms. The van der Waals surface area contributed by atoms with Crippen LogP contribution in [-0.2, 0) is 25.6 Å². The van der Waals surface area contributed by atoms with Crippen LogP contribution in [0.5, 0.6) is 0 Å². The molecule has 1 aliphatic rings. The number of hydrogen-bond donors (Lipinski definition) is 4. The molecule has 1 saturated heterocycles. The largest absolute Gasteiger partial charge is 0.354 e. The minimum atomic E-state index is -1.16. The minimum absolute atomic E-state index is 0.223. The zero-order valence-corrected chi connectivity index (χ0v) is 16.0. The summed E-state index contributed by atoms with van der Waals surface area (Å²) in [6.45, 7) is 4.69. The van der Waals surface area contributed by atoms with E-state index in [-0.39, 0.29) is 12.2 Å². The number of ether oxygens (including phenoxy) is 3. The van der Waals surface area contributed by atoms with Gasteiger partial charge in [0.05, 0.1) is 19.8 Å². The highest BCUT2D eigenvalue weighted by Gasteiger charge is 2.39. The quantitative estimate of drug-likeness (QED) is 0.379. The van der Waals surface area contributed by atoms with E-state index in [0.29, 0.717) is 52.3 Å². The fourth-order valence-corrected chi connectivity index (χ4v) is 2.89. The van der Waals surface area contributed by atoms with Crippen molar-refractivity contribution in [3.63, 3.8) is 0 Å². The van der Waals surface area contributed by atoms with E-state index >= 15 is 0 Å². The van der Waals surface area contributed by atoms with Crippen molar-refractivity contribution in [3.05, 3.63) is 35.9 Å². The van der Waals surface area contributed by atoms with Crippen molar-refractivity contribution in [2.45, 2.75) is 44.4 Å². The van der Waals surface area contributed by atoms with Crippen molar-refractivity contribution in [3.8, 4) is 0 Å². The molecule has 27 heavy (non-hydrogen) atoms. The first-order valence-electron chi connectivity index (χ1n) is 9.50. The standard InChI is InChI=1S/C19H32N4O4/c1-2-19(21,27-14-15-6-4-3-5-7-15)17(22-11-9-20)18(24)23-10-8-16-25-12-13-26-16/h3-7,16-17,22H,2,8-14,20-21H2,1H3,(H,23,24). The van der Waals surface area contributed by atoms with Gasteiger partial charge in [0, 0.05) is 26.1 Å². The van der Waals surface area contributed by atoms with Crippen LogP contribution in [0.4, 0.5) is 0 Å². The maximum Gasteiger partial charge on any atom is 0.241 e. The molecule has 8 nitrogen and oxygen atoms in total. The van der Waals surface area contributed by atoms with E-state index in [2.05, 4.69) is 10.6 Å². The van der Waals surface area contributed by atoms with Crippen molar-refractivity contribution < 1.29 is 19.0 Å². The molecule has 8 heteroatoms. The maximum absolute atomic E-state index is 12.8. The lowest BCUT2D eigenvalue weighted by Gasteiger charge is -2.36. The molecule has 0 radical (unpaired) electrons. The molecule has 0 spiro atoms. The van der Waals surface area contributed by atoms with E-state index in [9.17, 15) is 4.79 Å². The highest BCUT2D eigenvalue weighted by molar-refractivity contribution is 5.83. The van der Waals surface area contributed by atoms with Crippen molar-refractivity contribution in [1.82, 2.24) is 10.6 Å². The van der Waals surface area contributed by atoms with Gasteiger partial charge in [-0.3, -0.25) is 4.79 Å². The molecule has 152 valence electrons. The normalized spacial score (nSPS) is 18.2. The molecule has 1 heterocycles. The third-order valence-electron chi connectivity index (χ3n) is 4.52. The molecule has 1 amide bonds. The number of hydrogen-bond acceptors (Lipinski definition) is 7. The van der Waals surface area contributed by atoms with E-state index in [1.54, 1.807) is 0 Å². The van der Waals surface area contributed by atoms with Gasteiger partial charge in [0.1, 0.15) is 11.8 Å². The Morgan fingerprint density at radius 1 is 1.30 bits per heavy atom. The van der Waals surface area contributed by atoms with Crippen LogP contribution in [0.15, 0.2) is 30.3 Å². The van der Waals surface area contributed by atoms with Crippen LogP contribution in [0.1, 0.15) is 25.3 Å². The van der Waals surface area contributed by atoms with Crippen LogP contribution in [0.25, 0.3) is 0 Å². The zero-order valence-electron chi connectivity index (χ0n) is 16.0. The molecule has 1 fully saturated rings. The molecule has 0 aliphatic carbocycles. The average Bonchev–Trinajstić information content (AvgIpc) is 3.21. The van der Waals surface area contributed by atoms with Crippen molar-refractivity contribution >= 4 is 5.91 Å². The predicted molar refractivity (Wildman–Crippen MR) is 103 cm³/mol. The monoisotopic (exact) mass is 380 g/mol. The number of benzene rings is 1. The zero-order chi connectivity index (χ0) is 19.5. The van der Waals surface area contributed by atoms with Crippen LogP contribution >= 0.6 is 0 Å². The van der Waals surface area contributed by atoms with Crippen molar-refractivity contribution in [2.24, 2.45) is 11.5 Å². The Labute approximate surface area is 160 Å². The maximum atomic E-state index is 12.8. The molecule has 0 aromatic heterocycles. The summed E-state index contributed by atoms with van der Waals surface area (Å²) in [7, 11) is 0. The van der Waals surface area contributed by atoms with Gasteiger partial charge >= 0.3 is 0 Å². The summed E-state index contributed by atoms with van der Waals surface area (Å²) in [5.74, 6) is -0.223. The lowest BCUT2D eigenvalue weighted by molar-refractivity contribution is -0.138. The number of nitrogens with one attached hydrogen (secondary N) is 2. The van der Waals surface area contributed by atoms with Gasteiger partial charge in [-0.2, -0.15) is 0 Å². The fraction of sp³-hybridized carbons (Fsp3) is 0.632. The molecule has 1 aliphatic heterocycles. The lowest BCUT2D eigenvalue weighted by atomic mass is 10.00. The van der Waals surface area contributed by atoms with Gasteiger partial charge in [0.25, 0.3) is 0 Å². The second-order valence-corrected chi connectivity index (χ2v) is 6.51. The molecular formula is C19H32N4O4. The lowest BCUT2D eigenvalue weighted by Crippen LogP contribution is -2.65. The highest BCUT2D eigenvalue weighted by atomic mass is 16.7. The Morgan fingerprint density at radius 3 is 2.63 bits per heavy atom. The van der Waals surface area contributed by atoms with E-state index in [1.807, 2.05) is 37.3 Å². The van der Waals surface area contributed by atoms with Gasteiger partial charge < -0.3 is 36.3 Å². The van der Waals surface area contributed by atoms with Crippen molar-refractivity contribution in [1.29, 1.82) is 0 Å². The third kappa shape index (κ3) is 6.84. The predicted octanol–water partition coefficient (Wildman–Crippen LogP) is 0.0643. The first-order chi connectivity index (χ1) is 13.1. The van der Waals surface area contributed by atoms with Crippen LogP contribution < -0.4 is 22.1 Å². The van der Waals surface area contributed by atoms with Crippen molar-refractivity contribution in [2.75, 3.05) is 32.8 Å². The first-order valence-corrected chi connectivity index (χ1v) is 9.50. The van der Waals surface area contributed by atoms with Crippen LogP contribution in [0, 0.1) is 0 Å². The van der Waals surface area contributed by atoms with Gasteiger partial charge in [0.15, 0.2) is 6.29 Å². The summed E-state index contributed by atoms with van der Waals surface area (Å²) in [5.41, 5.74) is 11.9. The SMILES string of the molecule is CCC(N)(OCc1ccccc1)C(NCCN)C(=O)NCCC1OCCO1. The number of carbonyl (C=O) groups is 1. The number of carbonyl (C=O) groups excluding carboxylic acids is 1. The molecule has 0 saturated carbocycles. The summed E-state index contributed by atoms with van der Waals surface area (Å²) in [6, 6.07) is 9.01. The average molecular weight is 380 g/mol. The Kier molecular flexibility index (Phi) is 9.12. The van der Waals surface area contributed by atoms with E-state index < -0.39 is 11.8 Å². The second kappa shape index (κ2) is 11.3.